The van der Waals surface area contributed by atoms with Crippen LogP contribution in [0.25, 0.3) is 5.65 Å². The zero-order valence-electron chi connectivity index (χ0n) is 19.5. The normalized spacial score (nSPS) is 17.8. The van der Waals surface area contributed by atoms with Crippen molar-refractivity contribution in [3.05, 3.63) is 52.9 Å². The van der Waals surface area contributed by atoms with Gasteiger partial charge in [-0.2, -0.15) is 5.10 Å². The lowest BCUT2D eigenvalue weighted by molar-refractivity contribution is -0.135. The molecule has 3 amide bonds. The average molecular weight is 497 g/mol. The second-order valence-corrected chi connectivity index (χ2v) is 9.28. The molecular weight excluding hydrogens is 472 g/mol. The van der Waals surface area contributed by atoms with E-state index in [0.29, 0.717) is 34.2 Å². The Labute approximate surface area is 207 Å². The van der Waals surface area contributed by atoms with Crippen molar-refractivity contribution in [3.8, 4) is 5.75 Å². The first-order chi connectivity index (χ1) is 16.8. The molecule has 2 aliphatic rings. The Balaban J connectivity index is 1.46. The number of aromatic nitrogens is 3. The second-order valence-electron chi connectivity index (χ2n) is 8.84. The van der Waals surface area contributed by atoms with E-state index in [1.165, 1.54) is 16.0 Å². The molecule has 0 bridgehead atoms. The molecule has 1 saturated heterocycles. The van der Waals surface area contributed by atoms with Gasteiger partial charge in [0.05, 0.1) is 23.6 Å². The molecule has 4 heterocycles. The molecule has 1 atom stereocenters. The minimum atomic E-state index is -0.299. The maximum absolute atomic E-state index is 13.6. The van der Waals surface area contributed by atoms with Gasteiger partial charge in [-0.15, -0.1) is 0 Å². The van der Waals surface area contributed by atoms with Crippen molar-refractivity contribution < 1.29 is 19.1 Å². The predicted octanol–water partition coefficient (Wildman–Crippen LogP) is 2.56. The number of rotatable bonds is 4. The van der Waals surface area contributed by atoms with Crippen LogP contribution in [0.2, 0.25) is 5.02 Å². The van der Waals surface area contributed by atoms with Crippen molar-refractivity contribution in [2.75, 3.05) is 38.7 Å². The lowest BCUT2D eigenvalue weighted by Gasteiger charge is -2.38. The SMILES string of the molecule is CN(C)C(=O)c1cnn2c([C@H]3CCCCN3C(=O)CN3C(=O)COc4ccc(Cl)cc43)ccnc12. The first-order valence-corrected chi connectivity index (χ1v) is 11.8. The van der Waals surface area contributed by atoms with Crippen molar-refractivity contribution in [3.63, 3.8) is 0 Å². The largest absolute Gasteiger partial charge is 0.482 e. The van der Waals surface area contributed by atoms with E-state index in [-0.39, 0.29) is 36.9 Å². The Bertz CT molecular complexity index is 1320. The van der Waals surface area contributed by atoms with Gasteiger partial charge in [0, 0.05) is 31.9 Å². The van der Waals surface area contributed by atoms with Crippen LogP contribution < -0.4 is 9.64 Å². The van der Waals surface area contributed by atoms with Gasteiger partial charge in [0.1, 0.15) is 17.9 Å². The molecule has 182 valence electrons. The smallest absolute Gasteiger partial charge is 0.265 e. The summed E-state index contributed by atoms with van der Waals surface area (Å²) >= 11 is 6.15. The van der Waals surface area contributed by atoms with Gasteiger partial charge in [0.15, 0.2) is 12.3 Å². The van der Waals surface area contributed by atoms with Crippen molar-refractivity contribution in [1.29, 1.82) is 0 Å². The van der Waals surface area contributed by atoms with E-state index in [0.717, 1.165) is 25.0 Å². The van der Waals surface area contributed by atoms with Gasteiger partial charge < -0.3 is 14.5 Å². The number of nitrogens with zero attached hydrogens (tertiary/aromatic N) is 6. The lowest BCUT2D eigenvalue weighted by atomic mass is 9.98. The van der Waals surface area contributed by atoms with Crippen LogP contribution in [0.1, 0.15) is 41.4 Å². The van der Waals surface area contributed by atoms with Gasteiger partial charge in [-0.05, 0) is 43.5 Å². The van der Waals surface area contributed by atoms with Gasteiger partial charge in [0.2, 0.25) is 5.91 Å². The number of likely N-dealkylation sites (tertiary alicyclic amines) is 1. The maximum Gasteiger partial charge on any atom is 0.265 e. The predicted molar refractivity (Wildman–Crippen MR) is 129 cm³/mol. The van der Waals surface area contributed by atoms with E-state index in [2.05, 4.69) is 10.1 Å². The van der Waals surface area contributed by atoms with E-state index < -0.39 is 0 Å². The number of carbonyl (C=O) groups is 3. The van der Waals surface area contributed by atoms with Crippen LogP contribution in [0, 0.1) is 0 Å². The van der Waals surface area contributed by atoms with E-state index in [9.17, 15) is 14.4 Å². The highest BCUT2D eigenvalue weighted by Gasteiger charge is 2.34. The maximum atomic E-state index is 13.6. The van der Waals surface area contributed by atoms with Gasteiger partial charge in [-0.3, -0.25) is 19.3 Å². The summed E-state index contributed by atoms with van der Waals surface area (Å²) < 4.78 is 7.14. The van der Waals surface area contributed by atoms with Gasteiger partial charge in [0.25, 0.3) is 11.8 Å². The summed E-state index contributed by atoms with van der Waals surface area (Å²) in [7, 11) is 3.35. The lowest BCUT2D eigenvalue weighted by Crippen LogP contribution is -2.48. The number of piperidine rings is 1. The van der Waals surface area contributed by atoms with Crippen molar-refractivity contribution >= 4 is 40.7 Å². The van der Waals surface area contributed by atoms with Crippen LogP contribution in [-0.4, -0.2) is 75.9 Å². The summed E-state index contributed by atoms with van der Waals surface area (Å²) in [6, 6.07) is 6.58. The Morgan fingerprint density at radius 1 is 1.23 bits per heavy atom. The number of halogens is 1. The standard InChI is InChI=1S/C24H25ClN6O4/c1-28(2)24(34)16-12-27-31-18(8-9-26-23(16)31)17-5-3-4-10-29(17)21(32)13-30-19-11-15(25)6-7-20(19)35-14-22(30)33/h6-9,11-12,17H,3-5,10,13-14H2,1-2H3/t17-/m1/s1. The molecule has 1 fully saturated rings. The highest BCUT2D eigenvalue weighted by atomic mass is 35.5. The quantitative estimate of drug-likeness (QED) is 0.550. The van der Waals surface area contributed by atoms with Crippen molar-refractivity contribution in [1.82, 2.24) is 24.4 Å². The number of fused-ring (bicyclic) bond motifs is 2. The van der Waals surface area contributed by atoms with Crippen molar-refractivity contribution in [2.24, 2.45) is 0 Å². The Hall–Kier alpha value is -3.66. The molecule has 11 heteroatoms. The first kappa shape index (κ1) is 23.1. The minimum Gasteiger partial charge on any atom is -0.482 e. The Kier molecular flexibility index (Phi) is 6.06. The van der Waals surface area contributed by atoms with E-state index in [1.807, 2.05) is 6.07 Å². The number of benzene rings is 1. The third kappa shape index (κ3) is 4.18. The molecule has 35 heavy (non-hydrogen) atoms. The van der Waals surface area contributed by atoms with Gasteiger partial charge >= 0.3 is 0 Å². The molecule has 0 N–H and O–H groups in total. The van der Waals surface area contributed by atoms with Crippen LogP contribution in [0.4, 0.5) is 5.69 Å². The summed E-state index contributed by atoms with van der Waals surface area (Å²) in [5.41, 5.74) is 2.11. The van der Waals surface area contributed by atoms with Crippen LogP contribution in [-0.2, 0) is 9.59 Å². The van der Waals surface area contributed by atoms with Gasteiger partial charge in [-0.25, -0.2) is 9.50 Å². The fourth-order valence-corrected chi connectivity index (χ4v) is 4.83. The third-order valence-corrected chi connectivity index (χ3v) is 6.62. The number of anilines is 1. The van der Waals surface area contributed by atoms with Gasteiger partial charge in [-0.1, -0.05) is 11.6 Å². The van der Waals surface area contributed by atoms with E-state index in [4.69, 9.17) is 16.3 Å². The zero-order chi connectivity index (χ0) is 24.7. The average Bonchev–Trinajstić information content (AvgIpc) is 3.29. The second kappa shape index (κ2) is 9.18. The molecule has 0 radical (unpaired) electrons. The zero-order valence-corrected chi connectivity index (χ0v) is 20.2. The molecule has 2 aromatic heterocycles. The summed E-state index contributed by atoms with van der Waals surface area (Å²) in [5.74, 6) is -0.156. The molecule has 5 rings (SSSR count). The highest BCUT2D eigenvalue weighted by Crippen LogP contribution is 2.36. The number of hydrogen-bond donors (Lipinski definition) is 0. The van der Waals surface area contributed by atoms with Crippen LogP contribution in [0.3, 0.4) is 0 Å². The summed E-state index contributed by atoms with van der Waals surface area (Å²) in [4.78, 5) is 47.9. The number of amides is 3. The first-order valence-electron chi connectivity index (χ1n) is 11.4. The highest BCUT2D eigenvalue weighted by molar-refractivity contribution is 6.31. The van der Waals surface area contributed by atoms with Crippen molar-refractivity contribution in [2.45, 2.75) is 25.3 Å². The van der Waals surface area contributed by atoms with Crippen LogP contribution in [0.15, 0.2) is 36.7 Å². The number of ether oxygens (including phenoxy) is 1. The summed E-state index contributed by atoms with van der Waals surface area (Å²) in [6.45, 7) is 0.301. The number of carbonyl (C=O) groups excluding carboxylic acids is 3. The molecule has 2 aliphatic heterocycles. The molecule has 0 spiro atoms. The minimum absolute atomic E-state index is 0.121. The molecule has 3 aromatic rings. The van der Waals surface area contributed by atoms with Crippen LogP contribution >= 0.6 is 11.6 Å². The van der Waals surface area contributed by atoms with Crippen LogP contribution in [0.5, 0.6) is 5.75 Å². The third-order valence-electron chi connectivity index (χ3n) is 6.39. The fourth-order valence-electron chi connectivity index (χ4n) is 4.67. The molecule has 0 aliphatic carbocycles. The molecule has 0 saturated carbocycles. The Morgan fingerprint density at radius 2 is 2.06 bits per heavy atom. The molecule has 0 unspecified atom stereocenters. The fraction of sp³-hybridized carbons (Fsp3) is 0.375. The molecule has 10 nitrogen and oxygen atoms in total. The molecule has 1 aromatic carbocycles. The summed E-state index contributed by atoms with van der Waals surface area (Å²) in [5, 5.41) is 4.89. The Morgan fingerprint density at radius 3 is 2.86 bits per heavy atom. The molecular formula is C24H25ClN6O4. The van der Waals surface area contributed by atoms with E-state index >= 15 is 0 Å². The number of hydrogen-bond acceptors (Lipinski definition) is 6. The van der Waals surface area contributed by atoms with E-state index in [1.54, 1.807) is 47.9 Å². The summed E-state index contributed by atoms with van der Waals surface area (Å²) in [6.07, 6.45) is 5.69. The topological polar surface area (TPSA) is 100 Å². The monoisotopic (exact) mass is 496 g/mol.